The van der Waals surface area contributed by atoms with Crippen LogP contribution in [0, 0.1) is 0 Å². The lowest BCUT2D eigenvalue weighted by Gasteiger charge is -2.29. The summed E-state index contributed by atoms with van der Waals surface area (Å²) in [5.74, 6) is 1.65. The van der Waals surface area contributed by atoms with E-state index in [1.807, 2.05) is 0 Å². The molecule has 0 unspecified atom stereocenters. The summed E-state index contributed by atoms with van der Waals surface area (Å²) < 4.78 is 12.9. The van der Waals surface area contributed by atoms with E-state index in [2.05, 4.69) is 206 Å². The molecule has 0 saturated heterocycles. The first-order chi connectivity index (χ1) is 28.7. The first-order valence-electron chi connectivity index (χ1n) is 19.6. The highest BCUT2D eigenvalue weighted by Gasteiger charge is 2.30. The van der Waals surface area contributed by atoms with Crippen LogP contribution in [0.2, 0.25) is 0 Å². The fraction of sp³-hybridized carbons (Fsp3) is 0.0370. The minimum Gasteiger partial charge on any atom is -0.496 e. The summed E-state index contributed by atoms with van der Waals surface area (Å²) in [6, 6.07) is 75.7. The van der Waals surface area contributed by atoms with Gasteiger partial charge in [0.15, 0.2) is 0 Å². The second-order valence-corrected chi connectivity index (χ2v) is 18.9. The summed E-state index contributed by atoms with van der Waals surface area (Å²) in [6.07, 6.45) is 0. The van der Waals surface area contributed by atoms with Gasteiger partial charge in [-0.3, -0.25) is 0 Å². The van der Waals surface area contributed by atoms with Crippen LogP contribution < -0.4 is 41.3 Å². The number of fused-ring (bicyclic) bond motifs is 4. The minimum atomic E-state index is -1.09. The lowest BCUT2D eigenvalue weighted by molar-refractivity contribution is 0.411. The summed E-state index contributed by atoms with van der Waals surface area (Å²) in [7, 11) is 1.40. The Hall–Kier alpha value is -6.30. The molecule has 0 aliphatic carbocycles. The van der Waals surface area contributed by atoms with E-state index < -0.39 is 15.8 Å². The largest absolute Gasteiger partial charge is 0.496 e. The molecule has 0 aliphatic heterocycles. The second kappa shape index (κ2) is 15.6. The van der Waals surface area contributed by atoms with Crippen molar-refractivity contribution in [3.8, 4) is 22.6 Å². The van der Waals surface area contributed by atoms with Crippen LogP contribution in [0.5, 0.6) is 11.5 Å². The van der Waals surface area contributed by atoms with Crippen LogP contribution in [0.3, 0.4) is 0 Å². The first-order valence-corrected chi connectivity index (χ1v) is 22.2. The van der Waals surface area contributed by atoms with Crippen molar-refractivity contribution >= 4 is 90.8 Å². The van der Waals surface area contributed by atoms with E-state index in [4.69, 9.17) is 9.47 Å². The van der Waals surface area contributed by atoms with Crippen LogP contribution in [-0.2, 0) is 0 Å². The molecule has 0 radical (unpaired) electrons. The molecule has 0 aromatic heterocycles. The third-order valence-corrected chi connectivity index (χ3v) is 16.0. The maximum Gasteiger partial charge on any atom is 0.127 e. The Labute approximate surface area is 341 Å². The Balaban J connectivity index is 1.27. The van der Waals surface area contributed by atoms with Crippen molar-refractivity contribution in [2.45, 2.75) is 0 Å². The Kier molecular flexibility index (Phi) is 9.68. The highest BCUT2D eigenvalue weighted by molar-refractivity contribution is 7.81. The third-order valence-electron chi connectivity index (χ3n) is 11.1. The number of benzene rings is 10. The van der Waals surface area contributed by atoms with Gasteiger partial charge < -0.3 is 9.47 Å². The van der Waals surface area contributed by atoms with Gasteiger partial charge in [-0.2, -0.15) is 0 Å². The molecule has 0 amide bonds. The molecule has 10 aromatic carbocycles. The molecule has 0 aliphatic rings. The average molecular weight is 783 g/mol. The van der Waals surface area contributed by atoms with E-state index in [1.165, 1.54) is 74.9 Å². The van der Waals surface area contributed by atoms with Gasteiger partial charge in [-0.1, -0.05) is 170 Å². The highest BCUT2D eigenvalue weighted by atomic mass is 31.1. The van der Waals surface area contributed by atoms with Crippen molar-refractivity contribution in [2.75, 3.05) is 14.2 Å². The maximum atomic E-state index is 6.43. The van der Waals surface area contributed by atoms with Crippen molar-refractivity contribution in [3.63, 3.8) is 0 Å². The van der Waals surface area contributed by atoms with E-state index in [0.29, 0.717) is 0 Å². The van der Waals surface area contributed by atoms with E-state index in [0.717, 1.165) is 22.6 Å². The molecule has 0 heterocycles. The van der Waals surface area contributed by atoms with Crippen molar-refractivity contribution < 1.29 is 9.47 Å². The van der Waals surface area contributed by atoms with Crippen LogP contribution in [0.4, 0.5) is 0 Å². The predicted octanol–water partition coefficient (Wildman–Crippen LogP) is 11.5. The quantitative estimate of drug-likeness (QED) is 0.136. The van der Waals surface area contributed by atoms with Crippen LogP contribution in [0.25, 0.3) is 54.2 Å². The summed E-state index contributed by atoms with van der Waals surface area (Å²) in [4.78, 5) is 0. The fourth-order valence-corrected chi connectivity index (χ4v) is 13.4. The summed E-state index contributed by atoms with van der Waals surface area (Å²) in [6.45, 7) is 0. The Morgan fingerprint density at radius 2 is 0.552 bits per heavy atom. The smallest absolute Gasteiger partial charge is 0.127 e. The summed E-state index contributed by atoms with van der Waals surface area (Å²) in [5.41, 5.74) is 2.14. The normalized spacial score (nSPS) is 11.6. The molecule has 0 bridgehead atoms. The molecule has 10 aromatic rings. The van der Waals surface area contributed by atoms with Gasteiger partial charge >= 0.3 is 0 Å². The van der Waals surface area contributed by atoms with Gasteiger partial charge in [0.1, 0.15) is 11.5 Å². The SMILES string of the molecule is COc1cccc(P(c2ccc3ccccc3c2)c2ccc3ccccc3c2)c1-c1c(OC)cccc1P(c1ccc2ccccc2c1)c1ccc2ccccc2c1. The third kappa shape index (κ3) is 6.59. The van der Waals surface area contributed by atoms with Crippen molar-refractivity contribution in [3.05, 3.63) is 206 Å². The standard InChI is InChI=1S/C54H40O2P2/c1-55-49-21-11-23-51(57(45-29-25-37-13-3-7-17-41(37)33-45)46-30-26-38-14-4-8-18-42(38)34-46)53(49)54-50(56-2)22-12-24-52(54)58(47-31-27-39-15-5-9-19-43(39)35-47)48-32-28-40-16-6-10-20-44(40)36-48/h3-36H,1-2H3. The van der Waals surface area contributed by atoms with Gasteiger partial charge in [0.25, 0.3) is 0 Å². The number of rotatable bonds is 9. The van der Waals surface area contributed by atoms with Gasteiger partial charge in [-0.15, -0.1) is 0 Å². The maximum absolute atomic E-state index is 6.43. The van der Waals surface area contributed by atoms with E-state index in [9.17, 15) is 0 Å². The number of hydrogen-bond donors (Lipinski definition) is 0. The van der Waals surface area contributed by atoms with Crippen LogP contribution in [0.15, 0.2) is 206 Å². The van der Waals surface area contributed by atoms with Crippen LogP contribution in [-0.4, -0.2) is 14.2 Å². The molecule has 0 spiro atoms. The Morgan fingerprint density at radius 3 is 0.828 bits per heavy atom. The Morgan fingerprint density at radius 1 is 0.276 bits per heavy atom. The first kappa shape index (κ1) is 36.1. The molecule has 58 heavy (non-hydrogen) atoms. The summed E-state index contributed by atoms with van der Waals surface area (Å²) >= 11 is 0. The van der Waals surface area contributed by atoms with Gasteiger partial charge in [0.2, 0.25) is 0 Å². The summed E-state index contributed by atoms with van der Waals surface area (Å²) in [5, 5.41) is 17.4. The van der Waals surface area contributed by atoms with Crippen LogP contribution in [0.1, 0.15) is 0 Å². The van der Waals surface area contributed by atoms with E-state index in [1.54, 1.807) is 14.2 Å². The fourth-order valence-electron chi connectivity index (χ4n) is 8.37. The molecule has 0 saturated carbocycles. The zero-order valence-electron chi connectivity index (χ0n) is 32.3. The monoisotopic (exact) mass is 782 g/mol. The average Bonchev–Trinajstić information content (AvgIpc) is 3.29. The topological polar surface area (TPSA) is 18.5 Å². The molecular weight excluding hydrogens is 743 g/mol. The van der Waals surface area contributed by atoms with E-state index >= 15 is 0 Å². The number of hydrogen-bond acceptors (Lipinski definition) is 2. The van der Waals surface area contributed by atoms with Gasteiger partial charge in [-0.05, 0) is 127 Å². The molecule has 0 atom stereocenters. The lowest BCUT2D eigenvalue weighted by atomic mass is 10.0. The van der Waals surface area contributed by atoms with Gasteiger partial charge in [-0.25, -0.2) is 0 Å². The number of methoxy groups -OCH3 is 2. The van der Waals surface area contributed by atoms with Crippen molar-refractivity contribution in [1.82, 2.24) is 0 Å². The number of ether oxygens (including phenoxy) is 2. The zero-order chi connectivity index (χ0) is 39.0. The van der Waals surface area contributed by atoms with Gasteiger partial charge in [0, 0.05) is 11.1 Å². The molecule has 10 rings (SSSR count). The van der Waals surface area contributed by atoms with E-state index in [-0.39, 0.29) is 0 Å². The zero-order valence-corrected chi connectivity index (χ0v) is 34.1. The minimum absolute atomic E-state index is 0.823. The lowest BCUT2D eigenvalue weighted by Crippen LogP contribution is -2.26. The second-order valence-electron chi connectivity index (χ2n) is 14.5. The highest BCUT2D eigenvalue weighted by Crippen LogP contribution is 2.47. The molecular formula is C54H40O2P2. The van der Waals surface area contributed by atoms with Crippen molar-refractivity contribution in [2.24, 2.45) is 0 Å². The Bertz CT molecular complexity index is 2760. The predicted molar refractivity (Wildman–Crippen MR) is 252 cm³/mol. The van der Waals surface area contributed by atoms with Crippen LogP contribution >= 0.6 is 15.8 Å². The molecule has 0 N–H and O–H groups in total. The van der Waals surface area contributed by atoms with Gasteiger partial charge in [0.05, 0.1) is 14.2 Å². The molecule has 0 fully saturated rings. The molecule has 2 nitrogen and oxygen atoms in total. The molecule has 4 heteroatoms. The van der Waals surface area contributed by atoms with Crippen molar-refractivity contribution in [1.29, 1.82) is 0 Å². The molecule has 278 valence electrons.